The van der Waals surface area contributed by atoms with Crippen molar-refractivity contribution in [1.82, 2.24) is 5.32 Å². The summed E-state index contributed by atoms with van der Waals surface area (Å²) in [6, 6.07) is 8.33. The molecule has 0 unspecified atom stereocenters. The number of benzene rings is 1. The standard InChI is InChI=1S/C18H31NO2/c1-16(2)15-19-12-5-4-6-13-21-18-9-7-17(8-10-18)11-14-20-3/h7-10,16,19H,4-6,11-15H2,1-3H3. The zero-order valence-electron chi connectivity index (χ0n) is 13.9. The second kappa shape index (κ2) is 11.6. The highest BCUT2D eigenvalue weighted by Crippen LogP contribution is 2.13. The van der Waals surface area contributed by atoms with Gasteiger partial charge in [-0.25, -0.2) is 0 Å². The van der Waals surface area contributed by atoms with Gasteiger partial charge in [-0.15, -0.1) is 0 Å². The first-order valence-electron chi connectivity index (χ1n) is 8.13. The van der Waals surface area contributed by atoms with Crippen molar-refractivity contribution in [2.24, 2.45) is 5.92 Å². The molecule has 0 saturated carbocycles. The molecule has 0 aliphatic heterocycles. The van der Waals surface area contributed by atoms with Crippen LogP contribution in [0, 0.1) is 5.92 Å². The minimum atomic E-state index is 0.736. The Morgan fingerprint density at radius 3 is 2.43 bits per heavy atom. The van der Waals surface area contributed by atoms with Gasteiger partial charge >= 0.3 is 0 Å². The Labute approximate surface area is 130 Å². The van der Waals surface area contributed by atoms with Crippen LogP contribution in [0.5, 0.6) is 5.75 Å². The van der Waals surface area contributed by atoms with E-state index in [1.807, 2.05) is 0 Å². The third-order valence-corrected chi connectivity index (χ3v) is 3.34. The third-order valence-electron chi connectivity index (χ3n) is 3.34. The van der Waals surface area contributed by atoms with E-state index in [-0.39, 0.29) is 0 Å². The Bertz CT molecular complexity index is 349. The molecule has 0 fully saturated rings. The van der Waals surface area contributed by atoms with Gasteiger partial charge in [-0.3, -0.25) is 0 Å². The molecule has 1 rings (SSSR count). The van der Waals surface area contributed by atoms with Crippen LogP contribution < -0.4 is 10.1 Å². The van der Waals surface area contributed by atoms with Crippen LogP contribution in [-0.4, -0.2) is 33.4 Å². The first-order chi connectivity index (χ1) is 10.2. The van der Waals surface area contributed by atoms with E-state index in [1.165, 1.54) is 18.4 Å². The Morgan fingerprint density at radius 1 is 1.00 bits per heavy atom. The maximum atomic E-state index is 5.76. The van der Waals surface area contributed by atoms with Gasteiger partial charge in [0.25, 0.3) is 0 Å². The molecule has 0 aliphatic rings. The molecule has 0 heterocycles. The summed E-state index contributed by atoms with van der Waals surface area (Å²) < 4.78 is 10.8. The fraction of sp³-hybridized carbons (Fsp3) is 0.667. The summed E-state index contributed by atoms with van der Waals surface area (Å²) in [4.78, 5) is 0. The van der Waals surface area contributed by atoms with E-state index in [4.69, 9.17) is 9.47 Å². The van der Waals surface area contributed by atoms with Crippen molar-refractivity contribution in [3.05, 3.63) is 29.8 Å². The molecule has 1 N–H and O–H groups in total. The Balaban J connectivity index is 2.02. The molecule has 120 valence electrons. The van der Waals surface area contributed by atoms with Gasteiger partial charge in [-0.1, -0.05) is 26.0 Å². The summed E-state index contributed by atoms with van der Waals surface area (Å²) in [5.41, 5.74) is 1.29. The molecule has 1 aromatic rings. The maximum absolute atomic E-state index is 5.76. The molecule has 3 heteroatoms. The van der Waals surface area contributed by atoms with Gasteiger partial charge in [0, 0.05) is 7.11 Å². The number of unbranched alkanes of at least 4 members (excludes halogenated alkanes) is 2. The summed E-state index contributed by atoms with van der Waals surface area (Å²) in [5, 5.41) is 3.47. The molecule has 0 amide bonds. The first kappa shape index (κ1) is 18.0. The van der Waals surface area contributed by atoms with E-state index in [2.05, 4.69) is 43.4 Å². The van der Waals surface area contributed by atoms with Crippen LogP contribution >= 0.6 is 0 Å². The van der Waals surface area contributed by atoms with Crippen molar-refractivity contribution in [3.8, 4) is 5.75 Å². The van der Waals surface area contributed by atoms with Gasteiger partial charge in [0.2, 0.25) is 0 Å². The van der Waals surface area contributed by atoms with Gasteiger partial charge in [0.1, 0.15) is 5.75 Å². The van der Waals surface area contributed by atoms with Crippen LogP contribution in [0.25, 0.3) is 0 Å². The quantitative estimate of drug-likeness (QED) is 0.596. The van der Waals surface area contributed by atoms with E-state index in [0.717, 1.165) is 50.8 Å². The van der Waals surface area contributed by atoms with Crippen molar-refractivity contribution in [3.63, 3.8) is 0 Å². The molecule has 21 heavy (non-hydrogen) atoms. The van der Waals surface area contributed by atoms with Gasteiger partial charge in [0.15, 0.2) is 0 Å². The van der Waals surface area contributed by atoms with Crippen LogP contribution in [0.3, 0.4) is 0 Å². The molecule has 0 spiro atoms. The lowest BCUT2D eigenvalue weighted by atomic mass is 10.1. The van der Waals surface area contributed by atoms with E-state index < -0.39 is 0 Å². The molecular formula is C18H31NO2. The van der Waals surface area contributed by atoms with Crippen LogP contribution in [0.2, 0.25) is 0 Å². The number of hydrogen-bond donors (Lipinski definition) is 1. The highest BCUT2D eigenvalue weighted by molar-refractivity contribution is 5.27. The lowest BCUT2D eigenvalue weighted by molar-refractivity contribution is 0.202. The summed E-state index contributed by atoms with van der Waals surface area (Å²) in [7, 11) is 1.73. The minimum Gasteiger partial charge on any atom is -0.494 e. The number of methoxy groups -OCH3 is 1. The summed E-state index contributed by atoms with van der Waals surface area (Å²) in [5.74, 6) is 1.70. The molecule has 0 aliphatic carbocycles. The summed E-state index contributed by atoms with van der Waals surface area (Å²) in [6.07, 6.45) is 4.53. The molecule has 0 radical (unpaired) electrons. The Morgan fingerprint density at radius 2 is 1.76 bits per heavy atom. The van der Waals surface area contributed by atoms with Crippen molar-refractivity contribution >= 4 is 0 Å². The van der Waals surface area contributed by atoms with E-state index in [0.29, 0.717) is 0 Å². The fourth-order valence-corrected chi connectivity index (χ4v) is 2.08. The number of nitrogens with one attached hydrogen (secondary N) is 1. The molecule has 0 atom stereocenters. The van der Waals surface area contributed by atoms with E-state index in [1.54, 1.807) is 7.11 Å². The predicted octanol–water partition coefficient (Wildman–Crippen LogP) is 3.67. The van der Waals surface area contributed by atoms with Crippen LogP contribution in [0.4, 0.5) is 0 Å². The fourth-order valence-electron chi connectivity index (χ4n) is 2.08. The SMILES string of the molecule is COCCc1ccc(OCCCCCNCC(C)C)cc1. The zero-order valence-corrected chi connectivity index (χ0v) is 13.9. The monoisotopic (exact) mass is 293 g/mol. The number of rotatable bonds is 12. The smallest absolute Gasteiger partial charge is 0.119 e. The second-order valence-electron chi connectivity index (χ2n) is 5.89. The zero-order chi connectivity index (χ0) is 15.3. The Kier molecular flexibility index (Phi) is 9.92. The second-order valence-corrected chi connectivity index (χ2v) is 5.89. The topological polar surface area (TPSA) is 30.5 Å². The van der Waals surface area contributed by atoms with Crippen molar-refractivity contribution in [1.29, 1.82) is 0 Å². The lowest BCUT2D eigenvalue weighted by Crippen LogP contribution is -2.20. The van der Waals surface area contributed by atoms with Gasteiger partial charge < -0.3 is 14.8 Å². The number of hydrogen-bond acceptors (Lipinski definition) is 3. The van der Waals surface area contributed by atoms with E-state index >= 15 is 0 Å². The maximum Gasteiger partial charge on any atom is 0.119 e. The largest absolute Gasteiger partial charge is 0.494 e. The average molecular weight is 293 g/mol. The van der Waals surface area contributed by atoms with Crippen LogP contribution in [0.15, 0.2) is 24.3 Å². The molecule has 0 saturated heterocycles. The molecule has 3 nitrogen and oxygen atoms in total. The lowest BCUT2D eigenvalue weighted by Gasteiger charge is -2.08. The first-order valence-corrected chi connectivity index (χ1v) is 8.13. The van der Waals surface area contributed by atoms with Crippen LogP contribution in [-0.2, 0) is 11.2 Å². The summed E-state index contributed by atoms with van der Waals surface area (Å²) in [6.45, 7) is 8.29. The molecule has 0 bridgehead atoms. The van der Waals surface area contributed by atoms with Gasteiger partial charge in [-0.05, 0) is 62.4 Å². The predicted molar refractivity (Wildman–Crippen MR) is 89.1 cm³/mol. The average Bonchev–Trinajstić information content (AvgIpc) is 2.48. The Hall–Kier alpha value is -1.06. The van der Waals surface area contributed by atoms with Gasteiger partial charge in [-0.2, -0.15) is 0 Å². The summed E-state index contributed by atoms with van der Waals surface area (Å²) >= 11 is 0. The highest BCUT2D eigenvalue weighted by Gasteiger charge is 1.97. The molecule has 1 aromatic carbocycles. The van der Waals surface area contributed by atoms with E-state index in [9.17, 15) is 0 Å². The van der Waals surface area contributed by atoms with Crippen molar-refractivity contribution < 1.29 is 9.47 Å². The number of ether oxygens (including phenoxy) is 2. The van der Waals surface area contributed by atoms with Crippen LogP contribution in [0.1, 0.15) is 38.7 Å². The molecule has 0 aromatic heterocycles. The minimum absolute atomic E-state index is 0.736. The van der Waals surface area contributed by atoms with Gasteiger partial charge in [0.05, 0.1) is 13.2 Å². The van der Waals surface area contributed by atoms with Crippen molar-refractivity contribution in [2.45, 2.75) is 39.5 Å². The third kappa shape index (κ3) is 9.48. The van der Waals surface area contributed by atoms with Crippen molar-refractivity contribution in [2.75, 3.05) is 33.4 Å². The normalized spacial score (nSPS) is 11.0. The molecular weight excluding hydrogens is 262 g/mol. The highest BCUT2D eigenvalue weighted by atomic mass is 16.5.